The zero-order valence-corrected chi connectivity index (χ0v) is 11.3. The van der Waals surface area contributed by atoms with Crippen LogP contribution in [0.1, 0.15) is 16.1 Å². The van der Waals surface area contributed by atoms with Gasteiger partial charge in [0.2, 0.25) is 0 Å². The first-order valence-corrected chi connectivity index (χ1v) is 6.93. The predicted octanol–water partition coefficient (Wildman–Crippen LogP) is 3.35. The van der Waals surface area contributed by atoms with Crippen LogP contribution in [0.15, 0.2) is 47.8 Å². The SMILES string of the molecule is N#CCCN(CC(=O)c1cccs1)c1ccccc1. The Morgan fingerprint density at radius 3 is 2.63 bits per heavy atom. The van der Waals surface area contributed by atoms with E-state index in [9.17, 15) is 4.79 Å². The van der Waals surface area contributed by atoms with E-state index in [1.807, 2.05) is 52.7 Å². The molecule has 0 aliphatic carbocycles. The van der Waals surface area contributed by atoms with Gasteiger partial charge < -0.3 is 4.90 Å². The van der Waals surface area contributed by atoms with Crippen molar-refractivity contribution in [3.05, 3.63) is 52.7 Å². The monoisotopic (exact) mass is 270 g/mol. The molecule has 1 heterocycles. The zero-order chi connectivity index (χ0) is 13.5. The maximum Gasteiger partial charge on any atom is 0.191 e. The summed E-state index contributed by atoms with van der Waals surface area (Å²) in [5, 5.41) is 10.6. The van der Waals surface area contributed by atoms with Gasteiger partial charge in [0.1, 0.15) is 0 Å². The molecule has 4 heteroatoms. The molecule has 3 nitrogen and oxygen atoms in total. The quantitative estimate of drug-likeness (QED) is 0.756. The summed E-state index contributed by atoms with van der Waals surface area (Å²) in [4.78, 5) is 14.9. The average Bonchev–Trinajstić information content (AvgIpc) is 2.98. The van der Waals surface area contributed by atoms with E-state index in [0.717, 1.165) is 10.6 Å². The van der Waals surface area contributed by atoms with Crippen LogP contribution in [-0.4, -0.2) is 18.9 Å². The molecule has 1 aromatic carbocycles. The summed E-state index contributed by atoms with van der Waals surface area (Å²) in [5.41, 5.74) is 0.975. The van der Waals surface area contributed by atoms with E-state index in [1.165, 1.54) is 11.3 Å². The minimum absolute atomic E-state index is 0.0943. The van der Waals surface area contributed by atoms with Crippen molar-refractivity contribution in [2.45, 2.75) is 6.42 Å². The lowest BCUT2D eigenvalue weighted by Gasteiger charge is -2.22. The number of Topliss-reactive ketones (excluding diaryl/α,β-unsaturated/α-hetero) is 1. The lowest BCUT2D eigenvalue weighted by molar-refractivity contribution is 0.100. The molecule has 0 aliphatic heterocycles. The molecule has 0 atom stereocenters. The third-order valence-corrected chi connectivity index (χ3v) is 3.66. The maximum absolute atomic E-state index is 12.1. The number of thiophene rings is 1. The van der Waals surface area contributed by atoms with Crippen molar-refractivity contribution in [2.75, 3.05) is 18.0 Å². The normalized spacial score (nSPS) is 9.84. The van der Waals surface area contributed by atoms with Crippen molar-refractivity contribution in [1.82, 2.24) is 0 Å². The summed E-state index contributed by atoms with van der Waals surface area (Å²) in [7, 11) is 0. The molecule has 0 unspecified atom stereocenters. The van der Waals surface area contributed by atoms with Crippen LogP contribution in [0, 0.1) is 11.3 Å². The van der Waals surface area contributed by atoms with E-state index >= 15 is 0 Å². The van der Waals surface area contributed by atoms with Crippen LogP contribution in [0.2, 0.25) is 0 Å². The Labute approximate surface area is 116 Å². The van der Waals surface area contributed by atoms with Crippen molar-refractivity contribution in [3.8, 4) is 6.07 Å². The van der Waals surface area contributed by atoms with E-state index in [-0.39, 0.29) is 5.78 Å². The first-order chi connectivity index (χ1) is 9.31. The van der Waals surface area contributed by atoms with Crippen molar-refractivity contribution in [3.63, 3.8) is 0 Å². The Morgan fingerprint density at radius 2 is 2.00 bits per heavy atom. The van der Waals surface area contributed by atoms with Crippen LogP contribution in [0.5, 0.6) is 0 Å². The lowest BCUT2D eigenvalue weighted by atomic mass is 10.2. The third-order valence-electron chi connectivity index (χ3n) is 2.75. The molecule has 0 fully saturated rings. The fourth-order valence-corrected chi connectivity index (χ4v) is 2.47. The van der Waals surface area contributed by atoms with E-state index in [2.05, 4.69) is 6.07 Å². The van der Waals surface area contributed by atoms with Crippen molar-refractivity contribution in [1.29, 1.82) is 5.26 Å². The number of nitrogens with zero attached hydrogens (tertiary/aromatic N) is 2. The van der Waals surface area contributed by atoms with Crippen LogP contribution in [0.4, 0.5) is 5.69 Å². The second kappa shape index (κ2) is 6.72. The molecular formula is C15H14N2OS. The number of carbonyl (C=O) groups excluding carboxylic acids is 1. The number of hydrogen-bond acceptors (Lipinski definition) is 4. The molecule has 19 heavy (non-hydrogen) atoms. The minimum atomic E-state index is 0.0943. The third kappa shape index (κ3) is 3.67. The summed E-state index contributed by atoms with van der Waals surface area (Å²) in [5.74, 6) is 0.0943. The fourth-order valence-electron chi connectivity index (χ4n) is 1.81. The summed E-state index contributed by atoms with van der Waals surface area (Å²) < 4.78 is 0. The summed E-state index contributed by atoms with van der Waals surface area (Å²) in [6, 6.07) is 15.6. The largest absolute Gasteiger partial charge is 0.363 e. The molecule has 0 spiro atoms. The molecule has 0 aliphatic rings. The number of benzene rings is 1. The molecular weight excluding hydrogens is 256 g/mol. The number of rotatable bonds is 6. The first-order valence-electron chi connectivity index (χ1n) is 6.05. The van der Waals surface area contributed by atoms with E-state index in [4.69, 9.17) is 5.26 Å². The van der Waals surface area contributed by atoms with Gasteiger partial charge in [-0.2, -0.15) is 5.26 Å². The smallest absolute Gasteiger partial charge is 0.191 e. The van der Waals surface area contributed by atoms with E-state index in [1.54, 1.807) is 0 Å². The van der Waals surface area contributed by atoms with Crippen LogP contribution in [0.25, 0.3) is 0 Å². The van der Waals surface area contributed by atoms with Crippen molar-refractivity contribution < 1.29 is 4.79 Å². The Balaban J connectivity index is 2.11. The van der Waals surface area contributed by atoms with Gasteiger partial charge in [-0.05, 0) is 23.6 Å². The van der Waals surface area contributed by atoms with Gasteiger partial charge in [-0.15, -0.1) is 11.3 Å². The van der Waals surface area contributed by atoms with Crippen LogP contribution in [-0.2, 0) is 0 Å². The zero-order valence-electron chi connectivity index (χ0n) is 10.5. The van der Waals surface area contributed by atoms with Gasteiger partial charge in [0.25, 0.3) is 0 Å². The second-order valence-electron chi connectivity index (χ2n) is 4.07. The van der Waals surface area contributed by atoms with Crippen LogP contribution in [0.3, 0.4) is 0 Å². The molecule has 96 valence electrons. The van der Waals surface area contributed by atoms with E-state index < -0.39 is 0 Å². The highest BCUT2D eigenvalue weighted by molar-refractivity contribution is 7.12. The van der Waals surface area contributed by atoms with Gasteiger partial charge in [0.05, 0.1) is 23.9 Å². The first kappa shape index (κ1) is 13.3. The Morgan fingerprint density at radius 1 is 1.21 bits per heavy atom. The summed E-state index contributed by atoms with van der Waals surface area (Å²) >= 11 is 1.45. The maximum atomic E-state index is 12.1. The van der Waals surface area contributed by atoms with Gasteiger partial charge in [0, 0.05) is 12.2 Å². The van der Waals surface area contributed by atoms with Gasteiger partial charge >= 0.3 is 0 Å². The number of ketones is 1. The Bertz CT molecular complexity index is 558. The molecule has 1 aromatic heterocycles. The molecule has 0 bridgehead atoms. The number of anilines is 1. The standard InChI is InChI=1S/C15H14N2OS/c16-9-5-10-17(13-6-2-1-3-7-13)12-14(18)15-8-4-11-19-15/h1-4,6-8,11H,5,10,12H2. The highest BCUT2D eigenvalue weighted by atomic mass is 32.1. The lowest BCUT2D eigenvalue weighted by Crippen LogP contribution is -2.30. The number of nitriles is 1. The van der Waals surface area contributed by atoms with Crippen molar-refractivity contribution in [2.24, 2.45) is 0 Å². The molecule has 2 rings (SSSR count). The molecule has 2 aromatic rings. The van der Waals surface area contributed by atoms with Gasteiger partial charge in [0.15, 0.2) is 5.78 Å². The molecule has 0 amide bonds. The summed E-state index contributed by atoms with van der Waals surface area (Å²) in [6.45, 7) is 0.879. The molecule has 0 saturated heterocycles. The second-order valence-corrected chi connectivity index (χ2v) is 5.01. The van der Waals surface area contributed by atoms with Gasteiger partial charge in [-0.1, -0.05) is 24.3 Å². The Kier molecular flexibility index (Phi) is 4.71. The molecule has 0 N–H and O–H groups in total. The highest BCUT2D eigenvalue weighted by Crippen LogP contribution is 2.16. The Hall–Kier alpha value is -2.12. The number of para-hydroxylation sites is 1. The highest BCUT2D eigenvalue weighted by Gasteiger charge is 2.13. The van der Waals surface area contributed by atoms with Crippen molar-refractivity contribution >= 4 is 22.8 Å². The number of carbonyl (C=O) groups is 1. The van der Waals surface area contributed by atoms with Gasteiger partial charge in [-0.3, -0.25) is 4.79 Å². The molecule has 0 saturated carbocycles. The average molecular weight is 270 g/mol. The predicted molar refractivity (Wildman–Crippen MR) is 77.5 cm³/mol. The fraction of sp³-hybridized carbons (Fsp3) is 0.200. The van der Waals surface area contributed by atoms with Gasteiger partial charge in [-0.25, -0.2) is 0 Å². The summed E-state index contributed by atoms with van der Waals surface area (Å²) in [6.07, 6.45) is 0.409. The molecule has 0 radical (unpaired) electrons. The van der Waals surface area contributed by atoms with E-state index in [0.29, 0.717) is 19.5 Å². The topological polar surface area (TPSA) is 44.1 Å². The van der Waals surface area contributed by atoms with Crippen LogP contribution < -0.4 is 4.90 Å². The van der Waals surface area contributed by atoms with Crippen LogP contribution >= 0.6 is 11.3 Å². The minimum Gasteiger partial charge on any atom is -0.363 e. The number of hydrogen-bond donors (Lipinski definition) is 0.